The number of piperidine rings is 1. The fraction of sp³-hybridized carbons (Fsp3) is 0.545. The first kappa shape index (κ1) is 11.6. The van der Waals surface area contributed by atoms with Gasteiger partial charge in [0.05, 0.1) is 30.2 Å². The Labute approximate surface area is 98.9 Å². The van der Waals surface area contributed by atoms with Crippen molar-refractivity contribution in [1.82, 2.24) is 14.9 Å². The topological polar surface area (TPSA) is 93.0 Å². The predicted molar refractivity (Wildman–Crippen MR) is 58.9 cm³/mol. The molecule has 1 saturated heterocycles. The lowest BCUT2D eigenvalue weighted by Crippen LogP contribution is -2.40. The highest BCUT2D eigenvalue weighted by Crippen LogP contribution is 2.25. The maximum atomic E-state index is 11.0. The van der Waals surface area contributed by atoms with E-state index in [9.17, 15) is 10.1 Å². The van der Waals surface area contributed by atoms with Gasteiger partial charge in [-0.25, -0.2) is 4.98 Å². The van der Waals surface area contributed by atoms with Crippen LogP contribution in [0.5, 0.6) is 0 Å². The zero-order chi connectivity index (χ0) is 12.3. The minimum Gasteiger partial charge on any atom is -0.481 e. The molecule has 1 aliphatic rings. The van der Waals surface area contributed by atoms with Crippen LogP contribution in [0.4, 0.5) is 0 Å². The first-order chi connectivity index (χ1) is 8.22. The molecule has 0 aromatic carbocycles. The predicted octanol–water partition coefficient (Wildman–Crippen LogP) is 0.771. The van der Waals surface area contributed by atoms with Gasteiger partial charge < -0.3 is 10.1 Å². The first-order valence-corrected chi connectivity index (χ1v) is 5.57. The van der Waals surface area contributed by atoms with Crippen LogP contribution in [-0.2, 0) is 4.79 Å². The quantitative estimate of drug-likeness (QED) is 0.805. The van der Waals surface area contributed by atoms with Crippen LogP contribution in [0.2, 0.25) is 0 Å². The fourth-order valence-corrected chi connectivity index (χ4v) is 2.21. The molecule has 0 aliphatic carbocycles. The number of nitriles is 1. The second-order valence-corrected chi connectivity index (χ2v) is 4.21. The Balaban J connectivity index is 2.10. The van der Waals surface area contributed by atoms with Crippen molar-refractivity contribution in [2.45, 2.75) is 18.9 Å². The van der Waals surface area contributed by atoms with Gasteiger partial charge in [0.1, 0.15) is 6.04 Å². The van der Waals surface area contributed by atoms with Crippen LogP contribution in [0.15, 0.2) is 12.5 Å². The van der Waals surface area contributed by atoms with Gasteiger partial charge in [-0.05, 0) is 19.4 Å². The van der Waals surface area contributed by atoms with E-state index >= 15 is 0 Å². The smallest absolute Gasteiger partial charge is 0.307 e. The molecule has 6 nitrogen and oxygen atoms in total. The van der Waals surface area contributed by atoms with Crippen molar-refractivity contribution >= 4 is 5.97 Å². The molecule has 1 aromatic heterocycles. The van der Waals surface area contributed by atoms with E-state index in [1.807, 2.05) is 4.90 Å². The molecule has 0 spiro atoms. The highest BCUT2D eigenvalue weighted by Gasteiger charge is 2.30. The molecule has 6 heteroatoms. The Hall–Kier alpha value is -1.87. The Bertz CT molecular complexity index is 423. The molecule has 0 bridgehead atoms. The van der Waals surface area contributed by atoms with Gasteiger partial charge >= 0.3 is 5.97 Å². The Morgan fingerprint density at radius 2 is 2.59 bits per heavy atom. The molecule has 0 radical (unpaired) electrons. The van der Waals surface area contributed by atoms with E-state index in [1.165, 1.54) is 6.33 Å². The summed E-state index contributed by atoms with van der Waals surface area (Å²) in [6, 6.07) is 1.76. The van der Waals surface area contributed by atoms with Gasteiger partial charge in [0.2, 0.25) is 0 Å². The van der Waals surface area contributed by atoms with Crippen molar-refractivity contribution in [3.8, 4) is 6.07 Å². The number of rotatable bonds is 3. The average Bonchev–Trinajstić information content (AvgIpc) is 2.84. The number of carbonyl (C=O) groups is 1. The van der Waals surface area contributed by atoms with Crippen molar-refractivity contribution in [3.05, 3.63) is 18.2 Å². The van der Waals surface area contributed by atoms with Crippen LogP contribution in [0, 0.1) is 17.2 Å². The van der Waals surface area contributed by atoms with Crippen LogP contribution >= 0.6 is 0 Å². The van der Waals surface area contributed by atoms with Gasteiger partial charge in [0.15, 0.2) is 0 Å². The highest BCUT2D eigenvalue weighted by molar-refractivity contribution is 5.70. The Kier molecular flexibility index (Phi) is 3.40. The lowest BCUT2D eigenvalue weighted by atomic mass is 9.96. The summed E-state index contributed by atoms with van der Waals surface area (Å²) in [7, 11) is 0. The zero-order valence-corrected chi connectivity index (χ0v) is 9.33. The summed E-state index contributed by atoms with van der Waals surface area (Å²) >= 11 is 0. The zero-order valence-electron chi connectivity index (χ0n) is 9.33. The summed E-state index contributed by atoms with van der Waals surface area (Å²) in [6.45, 7) is 1.17. The van der Waals surface area contributed by atoms with Crippen molar-refractivity contribution in [3.63, 3.8) is 0 Å². The van der Waals surface area contributed by atoms with Crippen LogP contribution in [0.3, 0.4) is 0 Å². The number of nitrogens with zero attached hydrogens (tertiary/aromatic N) is 3. The standard InChI is InChI=1S/C11H14N4O2/c12-4-10(9-5-13-7-14-9)15-3-1-2-8(6-15)11(16)17/h5,7-8,10H,1-3,6H2,(H,13,14)(H,16,17). The number of imidazole rings is 1. The van der Waals surface area contributed by atoms with Crippen LogP contribution in [0.1, 0.15) is 24.6 Å². The highest BCUT2D eigenvalue weighted by atomic mass is 16.4. The van der Waals surface area contributed by atoms with E-state index in [4.69, 9.17) is 5.11 Å². The maximum absolute atomic E-state index is 11.0. The van der Waals surface area contributed by atoms with Gasteiger partial charge in [-0.2, -0.15) is 5.26 Å². The Morgan fingerprint density at radius 1 is 1.76 bits per heavy atom. The van der Waals surface area contributed by atoms with Gasteiger partial charge in [0, 0.05) is 6.54 Å². The second kappa shape index (κ2) is 4.97. The van der Waals surface area contributed by atoms with Crippen molar-refractivity contribution in [2.24, 2.45) is 5.92 Å². The summed E-state index contributed by atoms with van der Waals surface area (Å²) in [5.74, 6) is -1.15. The number of H-pyrrole nitrogens is 1. The maximum Gasteiger partial charge on any atom is 0.307 e. The third-order valence-corrected chi connectivity index (χ3v) is 3.10. The van der Waals surface area contributed by atoms with E-state index in [-0.39, 0.29) is 5.92 Å². The molecule has 0 amide bonds. The minimum absolute atomic E-state index is 0.373. The molecule has 2 heterocycles. The van der Waals surface area contributed by atoms with Crippen molar-refractivity contribution in [2.75, 3.05) is 13.1 Å². The molecule has 1 aromatic rings. The van der Waals surface area contributed by atoms with Gasteiger partial charge in [-0.15, -0.1) is 0 Å². The van der Waals surface area contributed by atoms with Gasteiger partial charge in [0.25, 0.3) is 0 Å². The summed E-state index contributed by atoms with van der Waals surface area (Å²) in [6.07, 6.45) is 4.63. The summed E-state index contributed by atoms with van der Waals surface area (Å²) < 4.78 is 0. The third kappa shape index (κ3) is 2.45. The molecule has 2 atom stereocenters. The molecular weight excluding hydrogens is 220 g/mol. The monoisotopic (exact) mass is 234 g/mol. The average molecular weight is 234 g/mol. The van der Waals surface area contributed by atoms with Gasteiger partial charge in [-0.1, -0.05) is 0 Å². The number of likely N-dealkylation sites (tertiary alicyclic amines) is 1. The summed E-state index contributed by atoms with van der Waals surface area (Å²) in [5, 5.41) is 18.2. The summed E-state index contributed by atoms with van der Waals surface area (Å²) in [5.41, 5.74) is 0.721. The molecule has 2 N–H and O–H groups in total. The number of aromatic nitrogens is 2. The molecule has 1 aliphatic heterocycles. The van der Waals surface area contributed by atoms with E-state index in [1.54, 1.807) is 6.20 Å². The van der Waals surface area contributed by atoms with Gasteiger partial charge in [-0.3, -0.25) is 9.69 Å². The fourth-order valence-electron chi connectivity index (χ4n) is 2.21. The largest absolute Gasteiger partial charge is 0.481 e. The van der Waals surface area contributed by atoms with Crippen LogP contribution in [0.25, 0.3) is 0 Å². The SMILES string of the molecule is N#CC(c1cnc[nH]1)N1CCCC(C(=O)O)C1. The Morgan fingerprint density at radius 3 is 3.18 bits per heavy atom. The number of hydrogen-bond donors (Lipinski definition) is 2. The first-order valence-electron chi connectivity index (χ1n) is 5.57. The summed E-state index contributed by atoms with van der Waals surface area (Å²) in [4.78, 5) is 19.7. The van der Waals surface area contributed by atoms with E-state index in [0.29, 0.717) is 13.0 Å². The lowest BCUT2D eigenvalue weighted by molar-refractivity contribution is -0.143. The van der Waals surface area contributed by atoms with E-state index in [2.05, 4.69) is 16.0 Å². The number of aliphatic carboxylic acids is 1. The number of carboxylic acids is 1. The molecule has 2 rings (SSSR count). The lowest BCUT2D eigenvalue weighted by Gasteiger charge is -2.33. The molecule has 0 saturated carbocycles. The molecule has 1 fully saturated rings. The van der Waals surface area contributed by atoms with Crippen molar-refractivity contribution < 1.29 is 9.90 Å². The van der Waals surface area contributed by atoms with Crippen molar-refractivity contribution in [1.29, 1.82) is 5.26 Å². The normalized spacial score (nSPS) is 22.9. The number of nitrogens with one attached hydrogen (secondary N) is 1. The molecular formula is C11H14N4O2. The second-order valence-electron chi connectivity index (χ2n) is 4.21. The van der Waals surface area contributed by atoms with E-state index < -0.39 is 12.0 Å². The van der Waals surface area contributed by atoms with Crippen LogP contribution in [-0.4, -0.2) is 39.0 Å². The minimum atomic E-state index is -0.781. The third-order valence-electron chi connectivity index (χ3n) is 3.10. The molecule has 90 valence electrons. The molecule has 2 unspecified atom stereocenters. The number of carboxylic acid groups (broad SMARTS) is 1. The van der Waals surface area contributed by atoms with Crippen LogP contribution < -0.4 is 0 Å². The number of hydrogen-bond acceptors (Lipinski definition) is 4. The molecule has 17 heavy (non-hydrogen) atoms. The number of aromatic amines is 1. The van der Waals surface area contributed by atoms with E-state index in [0.717, 1.165) is 18.7 Å².